The molecule has 0 saturated carbocycles. The van der Waals surface area contributed by atoms with Gasteiger partial charge in [-0.1, -0.05) is 71.8 Å². The second kappa shape index (κ2) is 8.50. The maximum Gasteiger partial charge on any atom is 0.138 e. The molecule has 144 valence electrons. The topological polar surface area (TPSA) is 21.6 Å². The molecule has 0 atom stereocenters. The van der Waals surface area contributed by atoms with Crippen molar-refractivity contribution in [2.75, 3.05) is 0 Å². The number of hydrogen-bond donors (Lipinski definition) is 0. The fourth-order valence-electron chi connectivity index (χ4n) is 3.38. The summed E-state index contributed by atoms with van der Waals surface area (Å²) in [4.78, 5) is 4.59. The monoisotopic (exact) mass is 399 g/mol. The number of rotatable bonds is 5. The number of benzene rings is 4. The van der Waals surface area contributed by atoms with Crippen molar-refractivity contribution in [1.29, 1.82) is 0 Å². The lowest BCUT2D eigenvalue weighted by Gasteiger charge is -2.11. The van der Waals surface area contributed by atoms with Crippen molar-refractivity contribution < 1.29 is 4.74 Å². The molecule has 0 aliphatic heterocycles. The molecule has 0 bridgehead atoms. The Morgan fingerprint density at radius 3 is 2.55 bits per heavy atom. The smallest absolute Gasteiger partial charge is 0.138 e. The summed E-state index contributed by atoms with van der Waals surface area (Å²) in [5.74, 6) is 0.670. The van der Waals surface area contributed by atoms with E-state index in [0.29, 0.717) is 17.4 Å². The van der Waals surface area contributed by atoms with Crippen molar-refractivity contribution in [2.24, 2.45) is 4.99 Å². The van der Waals surface area contributed by atoms with E-state index in [1.807, 2.05) is 42.6 Å². The van der Waals surface area contributed by atoms with E-state index in [0.717, 1.165) is 22.4 Å². The first-order chi connectivity index (χ1) is 14.1. The van der Waals surface area contributed by atoms with E-state index < -0.39 is 0 Å². The van der Waals surface area contributed by atoms with E-state index in [1.54, 1.807) is 0 Å². The molecule has 0 aromatic heterocycles. The summed E-state index contributed by atoms with van der Waals surface area (Å²) in [6, 6.07) is 26.5. The predicted molar refractivity (Wildman–Crippen MR) is 123 cm³/mol. The summed E-state index contributed by atoms with van der Waals surface area (Å²) in [5, 5.41) is 2.98. The van der Waals surface area contributed by atoms with Crippen molar-refractivity contribution in [1.82, 2.24) is 0 Å². The first kappa shape index (κ1) is 19.2. The van der Waals surface area contributed by atoms with Gasteiger partial charge in [-0.2, -0.15) is 0 Å². The number of nitrogens with zero attached hydrogens (tertiary/aromatic N) is 1. The Morgan fingerprint density at radius 1 is 0.897 bits per heavy atom. The molecule has 0 amide bonds. The van der Waals surface area contributed by atoms with Gasteiger partial charge in [0.05, 0.1) is 10.7 Å². The Morgan fingerprint density at radius 2 is 1.72 bits per heavy atom. The molecule has 29 heavy (non-hydrogen) atoms. The van der Waals surface area contributed by atoms with Crippen LogP contribution in [0, 0.1) is 13.8 Å². The van der Waals surface area contributed by atoms with Crippen molar-refractivity contribution in [2.45, 2.75) is 20.5 Å². The van der Waals surface area contributed by atoms with Crippen molar-refractivity contribution in [3.8, 4) is 5.75 Å². The fourth-order valence-corrected chi connectivity index (χ4v) is 3.63. The average Bonchev–Trinajstić information content (AvgIpc) is 2.72. The van der Waals surface area contributed by atoms with Crippen LogP contribution in [0.4, 0.5) is 5.69 Å². The highest BCUT2D eigenvalue weighted by atomic mass is 35.5. The van der Waals surface area contributed by atoms with E-state index in [2.05, 4.69) is 61.3 Å². The molecule has 0 N–H and O–H groups in total. The van der Waals surface area contributed by atoms with Crippen molar-refractivity contribution >= 4 is 34.3 Å². The Kier molecular flexibility index (Phi) is 5.64. The van der Waals surface area contributed by atoms with Crippen LogP contribution in [0.5, 0.6) is 5.75 Å². The third-order valence-corrected chi connectivity index (χ3v) is 5.22. The van der Waals surface area contributed by atoms with Crippen LogP contribution in [0.25, 0.3) is 10.8 Å². The fraction of sp³-hybridized carbons (Fsp3) is 0.115. The van der Waals surface area contributed by atoms with Gasteiger partial charge in [0.15, 0.2) is 0 Å². The maximum absolute atomic E-state index is 6.46. The van der Waals surface area contributed by atoms with E-state index in [4.69, 9.17) is 16.3 Å². The Hall–Kier alpha value is -3.10. The summed E-state index contributed by atoms with van der Waals surface area (Å²) < 4.78 is 6.00. The molecular weight excluding hydrogens is 378 g/mol. The van der Waals surface area contributed by atoms with E-state index in [9.17, 15) is 0 Å². The van der Waals surface area contributed by atoms with Gasteiger partial charge in [-0.25, -0.2) is 0 Å². The van der Waals surface area contributed by atoms with Crippen LogP contribution in [-0.2, 0) is 6.61 Å². The number of aliphatic imine (C=N–C) groups is 1. The molecule has 0 spiro atoms. The third-order valence-electron chi connectivity index (χ3n) is 4.92. The quantitative estimate of drug-likeness (QED) is 0.319. The molecule has 0 saturated heterocycles. The predicted octanol–water partition coefficient (Wildman–Crippen LogP) is 7.44. The molecule has 0 aliphatic rings. The normalized spacial score (nSPS) is 11.3. The highest BCUT2D eigenvalue weighted by Gasteiger charge is 2.06. The molecule has 3 heteroatoms. The maximum atomic E-state index is 6.46. The van der Waals surface area contributed by atoms with Gasteiger partial charge in [0.25, 0.3) is 0 Å². The first-order valence-electron chi connectivity index (χ1n) is 9.60. The molecular formula is C26H22ClNO. The minimum atomic E-state index is 0.469. The van der Waals surface area contributed by atoms with E-state index in [1.165, 1.54) is 16.3 Å². The van der Waals surface area contributed by atoms with Gasteiger partial charge in [0, 0.05) is 6.21 Å². The average molecular weight is 400 g/mol. The lowest BCUT2D eigenvalue weighted by molar-refractivity contribution is 0.308. The van der Waals surface area contributed by atoms with Gasteiger partial charge in [-0.15, -0.1) is 0 Å². The highest BCUT2D eigenvalue weighted by molar-refractivity contribution is 6.32. The van der Waals surface area contributed by atoms with E-state index in [-0.39, 0.29) is 0 Å². The van der Waals surface area contributed by atoms with Gasteiger partial charge >= 0.3 is 0 Å². The lowest BCUT2D eigenvalue weighted by Crippen LogP contribution is -1.97. The Bertz CT molecular complexity index is 1190. The largest absolute Gasteiger partial charge is 0.487 e. The molecule has 0 aliphatic carbocycles. The Labute approximate surface area is 176 Å². The standard InChI is InChI=1S/C26H22ClNO/c1-18-10-12-25(19(2)14-18)28-16-20-11-13-26(24(27)15-20)29-17-22-8-5-7-21-6-3-4-9-23(21)22/h3-16H,17H2,1-2H3. The van der Waals surface area contributed by atoms with Crippen molar-refractivity contribution in [3.63, 3.8) is 0 Å². The van der Waals surface area contributed by atoms with Gasteiger partial charge in [-0.3, -0.25) is 4.99 Å². The van der Waals surface area contributed by atoms with Crippen LogP contribution in [0.2, 0.25) is 5.02 Å². The first-order valence-corrected chi connectivity index (χ1v) is 9.98. The summed E-state index contributed by atoms with van der Waals surface area (Å²) in [6.07, 6.45) is 1.83. The third kappa shape index (κ3) is 4.49. The second-order valence-corrected chi connectivity index (χ2v) is 7.57. The number of hydrogen-bond acceptors (Lipinski definition) is 2. The number of aryl methyl sites for hydroxylation is 2. The molecule has 4 aromatic carbocycles. The van der Waals surface area contributed by atoms with E-state index >= 15 is 0 Å². The van der Waals surface area contributed by atoms with Crippen LogP contribution < -0.4 is 4.74 Å². The summed E-state index contributed by atoms with van der Waals surface area (Å²) >= 11 is 6.46. The molecule has 4 aromatic rings. The lowest BCUT2D eigenvalue weighted by atomic mass is 10.1. The minimum absolute atomic E-state index is 0.469. The summed E-state index contributed by atoms with van der Waals surface area (Å²) in [7, 11) is 0. The molecule has 0 heterocycles. The number of fused-ring (bicyclic) bond motifs is 1. The van der Waals surface area contributed by atoms with Crippen LogP contribution in [0.1, 0.15) is 22.3 Å². The highest BCUT2D eigenvalue weighted by Crippen LogP contribution is 2.28. The van der Waals surface area contributed by atoms with Crippen LogP contribution in [-0.4, -0.2) is 6.21 Å². The summed E-state index contributed by atoms with van der Waals surface area (Å²) in [6.45, 7) is 4.62. The molecule has 2 nitrogen and oxygen atoms in total. The zero-order valence-corrected chi connectivity index (χ0v) is 17.3. The van der Waals surface area contributed by atoms with Gasteiger partial charge in [0.2, 0.25) is 0 Å². The van der Waals surface area contributed by atoms with Crippen molar-refractivity contribution in [3.05, 3.63) is 106 Å². The van der Waals surface area contributed by atoms with Crippen LogP contribution in [0.15, 0.2) is 83.9 Å². The van der Waals surface area contributed by atoms with Gasteiger partial charge in [0.1, 0.15) is 12.4 Å². The number of halogens is 1. The van der Waals surface area contributed by atoms with Crippen LogP contribution in [0.3, 0.4) is 0 Å². The minimum Gasteiger partial charge on any atom is -0.487 e. The number of ether oxygens (including phenoxy) is 1. The van der Waals surface area contributed by atoms with Gasteiger partial charge < -0.3 is 4.74 Å². The molecule has 4 rings (SSSR count). The molecule has 0 radical (unpaired) electrons. The molecule has 0 fully saturated rings. The van der Waals surface area contributed by atoms with Crippen LogP contribution >= 0.6 is 11.6 Å². The SMILES string of the molecule is Cc1ccc(N=Cc2ccc(OCc3cccc4ccccc34)c(Cl)c2)c(C)c1. The Balaban J connectivity index is 1.49. The summed E-state index contributed by atoms with van der Waals surface area (Å²) in [5.41, 5.74) is 5.43. The molecule has 0 unspecified atom stereocenters. The zero-order valence-electron chi connectivity index (χ0n) is 16.5. The van der Waals surface area contributed by atoms with Gasteiger partial charge in [-0.05, 0) is 65.6 Å². The zero-order chi connectivity index (χ0) is 20.2. The second-order valence-electron chi connectivity index (χ2n) is 7.16.